The van der Waals surface area contributed by atoms with Crippen LogP contribution in [0.5, 0.6) is 0 Å². The van der Waals surface area contributed by atoms with Gasteiger partial charge in [0.1, 0.15) is 0 Å². The van der Waals surface area contributed by atoms with Crippen LogP contribution in [0.3, 0.4) is 0 Å². The van der Waals surface area contributed by atoms with Crippen molar-refractivity contribution in [3.63, 3.8) is 0 Å². The maximum atomic E-state index is 8.68. The summed E-state index contributed by atoms with van der Waals surface area (Å²) in [5.74, 6) is 0. The highest BCUT2D eigenvalue weighted by Gasteiger charge is 1.93. The third kappa shape index (κ3) is 6.53. The number of hydrogen-bond donors (Lipinski definition) is 2. The standard InChI is InChI=1S/C14H18N4S/c1-2-3-4-9-16-14(19)18-17-11-13-7-5-12(10-15)6-8-13/h5-8,11H,2-4,9H2,1H3,(H2,16,18,19)/b17-11-. The summed E-state index contributed by atoms with van der Waals surface area (Å²) in [6.07, 6.45) is 5.17. The molecule has 1 aromatic carbocycles. The van der Waals surface area contributed by atoms with Crippen LogP contribution in [0.4, 0.5) is 0 Å². The number of nitriles is 1. The summed E-state index contributed by atoms with van der Waals surface area (Å²) in [4.78, 5) is 0. The van der Waals surface area contributed by atoms with Crippen LogP contribution in [0.25, 0.3) is 0 Å². The lowest BCUT2D eigenvalue weighted by Crippen LogP contribution is -2.32. The highest BCUT2D eigenvalue weighted by molar-refractivity contribution is 7.80. The molecule has 0 unspecified atom stereocenters. The molecule has 2 N–H and O–H groups in total. The lowest BCUT2D eigenvalue weighted by atomic mass is 10.2. The van der Waals surface area contributed by atoms with Crippen LogP contribution < -0.4 is 10.7 Å². The first-order chi connectivity index (χ1) is 9.26. The van der Waals surface area contributed by atoms with Crippen LogP contribution in [0.2, 0.25) is 0 Å². The van der Waals surface area contributed by atoms with Gasteiger partial charge in [-0.05, 0) is 36.3 Å². The summed E-state index contributed by atoms with van der Waals surface area (Å²) >= 11 is 5.08. The van der Waals surface area contributed by atoms with Crippen LogP contribution in [-0.2, 0) is 0 Å². The van der Waals surface area contributed by atoms with Crippen molar-refractivity contribution < 1.29 is 0 Å². The molecule has 100 valence electrons. The second-order valence-corrected chi connectivity index (χ2v) is 4.48. The molecule has 0 fully saturated rings. The molecule has 0 aliphatic carbocycles. The van der Waals surface area contributed by atoms with Crippen molar-refractivity contribution in [3.8, 4) is 6.07 Å². The fraction of sp³-hybridized carbons (Fsp3) is 0.357. The number of nitrogens with one attached hydrogen (secondary N) is 2. The Labute approximate surface area is 119 Å². The summed E-state index contributed by atoms with van der Waals surface area (Å²) in [6.45, 7) is 3.03. The van der Waals surface area contributed by atoms with Crippen molar-refractivity contribution in [3.05, 3.63) is 35.4 Å². The zero-order valence-corrected chi connectivity index (χ0v) is 11.8. The largest absolute Gasteiger partial charge is 0.361 e. The number of hydrogen-bond acceptors (Lipinski definition) is 3. The van der Waals surface area contributed by atoms with E-state index >= 15 is 0 Å². The Morgan fingerprint density at radius 2 is 2.11 bits per heavy atom. The van der Waals surface area contributed by atoms with Crippen molar-refractivity contribution >= 4 is 23.5 Å². The Hall–Kier alpha value is -1.93. The van der Waals surface area contributed by atoms with E-state index in [0.29, 0.717) is 10.7 Å². The predicted molar refractivity (Wildman–Crippen MR) is 82.0 cm³/mol. The molecule has 0 aliphatic heterocycles. The number of benzene rings is 1. The third-order valence-corrected chi connectivity index (χ3v) is 2.72. The van der Waals surface area contributed by atoms with Crippen molar-refractivity contribution in [1.29, 1.82) is 5.26 Å². The van der Waals surface area contributed by atoms with Gasteiger partial charge < -0.3 is 5.32 Å². The molecule has 5 heteroatoms. The molecule has 0 bridgehead atoms. The molecule has 0 aliphatic rings. The highest BCUT2D eigenvalue weighted by atomic mass is 32.1. The maximum Gasteiger partial charge on any atom is 0.186 e. The van der Waals surface area contributed by atoms with Crippen molar-refractivity contribution in [2.24, 2.45) is 5.10 Å². The quantitative estimate of drug-likeness (QED) is 0.362. The zero-order valence-electron chi connectivity index (χ0n) is 11.0. The summed E-state index contributed by atoms with van der Waals surface area (Å²) in [7, 11) is 0. The molecule has 0 spiro atoms. The minimum atomic E-state index is 0.529. The molecule has 1 rings (SSSR count). The van der Waals surface area contributed by atoms with E-state index in [9.17, 15) is 0 Å². The van der Waals surface area contributed by atoms with Gasteiger partial charge in [0.25, 0.3) is 0 Å². The van der Waals surface area contributed by atoms with Crippen LogP contribution >= 0.6 is 12.2 Å². The Balaban J connectivity index is 2.28. The Kier molecular flexibility index (Phi) is 7.21. The second kappa shape index (κ2) is 9.06. The third-order valence-electron chi connectivity index (χ3n) is 2.49. The normalized spacial score (nSPS) is 10.1. The molecule has 1 aromatic rings. The molecule has 0 amide bonds. The number of unbranched alkanes of at least 4 members (excludes halogenated alkanes) is 2. The van der Waals surface area contributed by atoms with Crippen molar-refractivity contribution in [1.82, 2.24) is 10.7 Å². The van der Waals surface area contributed by atoms with Gasteiger partial charge in [0, 0.05) is 6.54 Å². The van der Waals surface area contributed by atoms with E-state index in [2.05, 4.69) is 28.8 Å². The van der Waals surface area contributed by atoms with Gasteiger partial charge in [-0.2, -0.15) is 10.4 Å². The molecule has 0 saturated heterocycles. The molecule has 0 saturated carbocycles. The molecular formula is C14H18N4S. The van der Waals surface area contributed by atoms with Crippen LogP contribution in [0, 0.1) is 11.3 Å². The van der Waals surface area contributed by atoms with Gasteiger partial charge in [-0.3, -0.25) is 5.43 Å². The lowest BCUT2D eigenvalue weighted by molar-refractivity contribution is 0.691. The van der Waals surface area contributed by atoms with Gasteiger partial charge >= 0.3 is 0 Å². The first-order valence-electron chi connectivity index (χ1n) is 6.33. The van der Waals surface area contributed by atoms with E-state index in [1.807, 2.05) is 12.1 Å². The van der Waals surface area contributed by atoms with E-state index < -0.39 is 0 Å². The average Bonchev–Trinajstić information content (AvgIpc) is 2.44. The first-order valence-corrected chi connectivity index (χ1v) is 6.74. The van der Waals surface area contributed by atoms with Gasteiger partial charge in [0.2, 0.25) is 0 Å². The van der Waals surface area contributed by atoms with E-state index in [1.165, 1.54) is 12.8 Å². The molecule has 4 nitrogen and oxygen atoms in total. The van der Waals surface area contributed by atoms with Crippen molar-refractivity contribution in [2.45, 2.75) is 26.2 Å². The molecule has 0 radical (unpaired) electrons. The molecule has 19 heavy (non-hydrogen) atoms. The molecular weight excluding hydrogens is 256 g/mol. The summed E-state index contributed by atoms with van der Waals surface area (Å²) in [6, 6.07) is 9.25. The summed E-state index contributed by atoms with van der Waals surface area (Å²) in [5, 5.41) is 16.3. The van der Waals surface area contributed by atoms with Gasteiger partial charge in [0.15, 0.2) is 5.11 Å². The minimum Gasteiger partial charge on any atom is -0.361 e. The smallest absolute Gasteiger partial charge is 0.186 e. The van der Waals surface area contributed by atoms with E-state index in [-0.39, 0.29) is 0 Å². The number of rotatable bonds is 6. The van der Waals surface area contributed by atoms with Gasteiger partial charge in [-0.1, -0.05) is 31.9 Å². The Bertz CT molecular complexity index is 459. The molecule has 0 aromatic heterocycles. The molecule has 0 heterocycles. The topological polar surface area (TPSA) is 60.2 Å². The van der Waals surface area contributed by atoms with Crippen molar-refractivity contribution in [2.75, 3.05) is 6.54 Å². The Morgan fingerprint density at radius 3 is 2.74 bits per heavy atom. The predicted octanol–water partition coefficient (Wildman–Crippen LogP) is 2.55. The SMILES string of the molecule is CCCCCNC(=S)N/N=C\c1ccc(C#N)cc1. The fourth-order valence-corrected chi connectivity index (χ4v) is 1.58. The highest BCUT2D eigenvalue weighted by Crippen LogP contribution is 2.00. The maximum absolute atomic E-state index is 8.68. The van der Waals surface area contributed by atoms with Gasteiger partial charge in [0.05, 0.1) is 17.8 Å². The lowest BCUT2D eigenvalue weighted by Gasteiger charge is -2.05. The summed E-state index contributed by atoms with van der Waals surface area (Å²) < 4.78 is 0. The average molecular weight is 274 g/mol. The summed E-state index contributed by atoms with van der Waals surface area (Å²) in [5.41, 5.74) is 4.32. The van der Waals surface area contributed by atoms with Gasteiger partial charge in [-0.25, -0.2) is 0 Å². The number of thiocarbonyl (C=S) groups is 1. The second-order valence-electron chi connectivity index (χ2n) is 4.07. The van der Waals surface area contributed by atoms with Crippen LogP contribution in [-0.4, -0.2) is 17.9 Å². The van der Waals surface area contributed by atoms with Crippen LogP contribution in [0.1, 0.15) is 37.3 Å². The minimum absolute atomic E-state index is 0.529. The fourth-order valence-electron chi connectivity index (χ4n) is 1.43. The van der Waals surface area contributed by atoms with E-state index in [1.54, 1.807) is 18.3 Å². The molecule has 0 atom stereocenters. The Morgan fingerprint density at radius 1 is 1.37 bits per heavy atom. The number of hydrazone groups is 1. The monoisotopic (exact) mass is 274 g/mol. The van der Waals surface area contributed by atoms with Gasteiger partial charge in [-0.15, -0.1) is 0 Å². The number of nitrogens with zero attached hydrogens (tertiary/aromatic N) is 2. The van der Waals surface area contributed by atoms with E-state index in [4.69, 9.17) is 17.5 Å². The van der Waals surface area contributed by atoms with E-state index in [0.717, 1.165) is 18.5 Å². The first kappa shape index (κ1) is 15.1. The zero-order chi connectivity index (χ0) is 13.9. The van der Waals surface area contributed by atoms with Crippen LogP contribution in [0.15, 0.2) is 29.4 Å².